The van der Waals surface area contributed by atoms with E-state index in [1.807, 2.05) is 18.2 Å². The molecule has 0 amide bonds. The van der Waals surface area contributed by atoms with Crippen molar-refractivity contribution < 1.29 is 23.8 Å². The van der Waals surface area contributed by atoms with Gasteiger partial charge in [-0.1, -0.05) is 12.1 Å². The first-order valence-electron chi connectivity index (χ1n) is 7.61. The highest BCUT2D eigenvalue weighted by Crippen LogP contribution is 2.31. The van der Waals surface area contributed by atoms with Crippen molar-refractivity contribution in [3.63, 3.8) is 0 Å². The molecule has 0 saturated heterocycles. The predicted octanol–water partition coefficient (Wildman–Crippen LogP) is 2.03. The second-order valence-electron chi connectivity index (χ2n) is 5.31. The number of hydrogen-bond donors (Lipinski definition) is 0. The third-order valence-corrected chi connectivity index (χ3v) is 4.21. The van der Waals surface area contributed by atoms with Crippen LogP contribution in [0.25, 0.3) is 5.69 Å². The maximum Gasteiger partial charge on any atom is 0.355 e. The Bertz CT molecular complexity index is 877. The molecule has 1 aliphatic rings. The zero-order valence-corrected chi connectivity index (χ0v) is 15.7. The van der Waals surface area contributed by atoms with Gasteiger partial charge in [0.15, 0.2) is 0 Å². The van der Waals surface area contributed by atoms with Crippen LogP contribution in [-0.2, 0) is 23.8 Å². The molecule has 0 atom stereocenters. The molecule has 0 bridgehead atoms. The van der Waals surface area contributed by atoms with Crippen LogP contribution in [0.1, 0.15) is 0 Å². The lowest BCUT2D eigenvalue weighted by Crippen LogP contribution is -2.39. The number of rotatable bonds is 4. The topological polar surface area (TPSA) is 82.9 Å². The third-order valence-electron chi connectivity index (χ3n) is 3.80. The molecule has 26 heavy (non-hydrogen) atoms. The SMILES string of the molecule is COC(=O)C1=C(C(=O)OC)N(c2ccccc2-n2cc(Br)cn2)COC1. The number of hydrogen-bond acceptors (Lipinski definition) is 7. The molecule has 0 unspecified atom stereocenters. The molecule has 2 aromatic rings. The highest BCUT2D eigenvalue weighted by atomic mass is 79.9. The number of carbonyl (C=O) groups is 2. The van der Waals surface area contributed by atoms with E-state index in [0.717, 1.165) is 4.47 Å². The molecular weight excluding hydrogens is 406 g/mol. The summed E-state index contributed by atoms with van der Waals surface area (Å²) in [5.74, 6) is -1.29. The number of ether oxygens (including phenoxy) is 3. The van der Waals surface area contributed by atoms with Gasteiger partial charge in [-0.05, 0) is 28.1 Å². The number of benzene rings is 1. The first-order valence-corrected chi connectivity index (χ1v) is 8.40. The van der Waals surface area contributed by atoms with Crippen LogP contribution in [-0.4, -0.2) is 49.3 Å². The lowest BCUT2D eigenvalue weighted by Gasteiger charge is -2.32. The first-order chi connectivity index (χ1) is 12.6. The van der Waals surface area contributed by atoms with Crippen molar-refractivity contribution in [3.8, 4) is 5.69 Å². The van der Waals surface area contributed by atoms with E-state index in [0.29, 0.717) is 11.4 Å². The monoisotopic (exact) mass is 421 g/mol. The van der Waals surface area contributed by atoms with Gasteiger partial charge in [0, 0.05) is 6.20 Å². The largest absolute Gasteiger partial charge is 0.466 e. The van der Waals surface area contributed by atoms with Crippen LogP contribution in [0.4, 0.5) is 5.69 Å². The van der Waals surface area contributed by atoms with Gasteiger partial charge >= 0.3 is 11.9 Å². The Balaban J connectivity index is 2.16. The molecule has 1 aromatic heterocycles. The van der Waals surface area contributed by atoms with E-state index < -0.39 is 11.9 Å². The maximum absolute atomic E-state index is 12.4. The van der Waals surface area contributed by atoms with Gasteiger partial charge in [-0.3, -0.25) is 0 Å². The number of methoxy groups -OCH3 is 2. The zero-order chi connectivity index (χ0) is 18.7. The van der Waals surface area contributed by atoms with Gasteiger partial charge in [-0.2, -0.15) is 5.10 Å². The molecule has 1 aliphatic heterocycles. The average Bonchev–Trinajstić information content (AvgIpc) is 3.12. The fraction of sp³-hybridized carbons (Fsp3) is 0.235. The molecule has 136 valence electrons. The molecule has 8 nitrogen and oxygen atoms in total. The molecule has 0 spiro atoms. The van der Waals surface area contributed by atoms with Gasteiger partial charge in [0.2, 0.25) is 0 Å². The fourth-order valence-corrected chi connectivity index (χ4v) is 2.94. The van der Waals surface area contributed by atoms with Crippen LogP contribution in [0.15, 0.2) is 52.4 Å². The van der Waals surface area contributed by atoms with Gasteiger partial charge in [-0.15, -0.1) is 0 Å². The minimum atomic E-state index is -0.648. The van der Waals surface area contributed by atoms with Gasteiger partial charge in [0.05, 0.1) is 48.4 Å². The Hall–Kier alpha value is -2.65. The maximum atomic E-state index is 12.4. The number of esters is 2. The smallest absolute Gasteiger partial charge is 0.355 e. The third kappa shape index (κ3) is 3.35. The van der Waals surface area contributed by atoms with Crippen LogP contribution in [0.5, 0.6) is 0 Å². The molecule has 0 N–H and O–H groups in total. The summed E-state index contributed by atoms with van der Waals surface area (Å²) in [5.41, 5.74) is 1.52. The number of anilines is 1. The second-order valence-corrected chi connectivity index (χ2v) is 6.22. The van der Waals surface area contributed by atoms with Crippen LogP contribution < -0.4 is 4.90 Å². The minimum absolute atomic E-state index is 0.0386. The van der Waals surface area contributed by atoms with Crippen molar-refractivity contribution in [1.82, 2.24) is 9.78 Å². The van der Waals surface area contributed by atoms with Crippen molar-refractivity contribution in [1.29, 1.82) is 0 Å². The Morgan fingerprint density at radius 2 is 1.85 bits per heavy atom. The van der Waals surface area contributed by atoms with E-state index in [-0.39, 0.29) is 24.6 Å². The normalized spacial score (nSPS) is 14.3. The summed E-state index contributed by atoms with van der Waals surface area (Å²) in [5, 5.41) is 4.28. The lowest BCUT2D eigenvalue weighted by atomic mass is 10.1. The highest BCUT2D eigenvalue weighted by Gasteiger charge is 2.33. The average molecular weight is 422 g/mol. The Kier molecular flexibility index (Phi) is 5.38. The van der Waals surface area contributed by atoms with Gasteiger partial charge in [0.25, 0.3) is 0 Å². The van der Waals surface area contributed by atoms with Crippen LogP contribution in [0.3, 0.4) is 0 Å². The van der Waals surface area contributed by atoms with E-state index in [1.54, 1.807) is 28.0 Å². The fourth-order valence-electron chi connectivity index (χ4n) is 2.65. The van der Waals surface area contributed by atoms with Crippen molar-refractivity contribution >= 4 is 33.6 Å². The minimum Gasteiger partial charge on any atom is -0.466 e. The number of halogens is 1. The summed E-state index contributed by atoms with van der Waals surface area (Å²) in [7, 11) is 2.51. The van der Waals surface area contributed by atoms with Crippen LogP contribution in [0.2, 0.25) is 0 Å². The summed E-state index contributed by atoms with van der Waals surface area (Å²) in [6.07, 6.45) is 3.44. The van der Waals surface area contributed by atoms with E-state index >= 15 is 0 Å². The quantitative estimate of drug-likeness (QED) is 0.698. The summed E-state index contributed by atoms with van der Waals surface area (Å²) < 4.78 is 17.6. The standard InChI is InChI=1S/C17H16BrN3O5/c1-24-16(22)12-9-26-10-20(15(12)17(23)25-2)13-5-3-4-6-14(13)21-8-11(18)7-19-21/h3-8H,9-10H2,1-2H3. The number of para-hydroxylation sites is 2. The van der Waals surface area contributed by atoms with Gasteiger partial charge in [-0.25, -0.2) is 14.3 Å². The Morgan fingerprint density at radius 1 is 1.15 bits per heavy atom. The first kappa shape index (κ1) is 18.2. The van der Waals surface area contributed by atoms with E-state index in [2.05, 4.69) is 21.0 Å². The number of nitrogens with zero attached hydrogens (tertiary/aromatic N) is 3. The molecule has 0 fully saturated rings. The Labute approximate surface area is 158 Å². The van der Waals surface area contributed by atoms with E-state index in [1.165, 1.54) is 14.2 Å². The van der Waals surface area contributed by atoms with Crippen molar-refractivity contribution in [3.05, 3.63) is 52.4 Å². The van der Waals surface area contributed by atoms with Crippen molar-refractivity contribution in [2.75, 3.05) is 32.5 Å². The molecule has 0 radical (unpaired) electrons. The molecule has 1 aromatic carbocycles. The van der Waals surface area contributed by atoms with Crippen LogP contribution >= 0.6 is 15.9 Å². The summed E-state index contributed by atoms with van der Waals surface area (Å²) in [6.45, 7) is 0.0352. The summed E-state index contributed by atoms with van der Waals surface area (Å²) >= 11 is 3.37. The van der Waals surface area contributed by atoms with E-state index in [9.17, 15) is 9.59 Å². The zero-order valence-electron chi connectivity index (χ0n) is 14.1. The highest BCUT2D eigenvalue weighted by molar-refractivity contribution is 9.10. The van der Waals surface area contributed by atoms with Crippen LogP contribution in [0, 0.1) is 0 Å². The van der Waals surface area contributed by atoms with Crippen molar-refractivity contribution in [2.45, 2.75) is 0 Å². The molecule has 0 saturated carbocycles. The summed E-state index contributed by atoms with van der Waals surface area (Å²) in [6, 6.07) is 7.31. The number of carbonyl (C=O) groups excluding carboxylic acids is 2. The number of aromatic nitrogens is 2. The van der Waals surface area contributed by atoms with Gasteiger partial charge in [0.1, 0.15) is 12.4 Å². The molecule has 2 heterocycles. The molecule has 3 rings (SSSR count). The predicted molar refractivity (Wildman–Crippen MR) is 95.6 cm³/mol. The molecular formula is C17H16BrN3O5. The van der Waals surface area contributed by atoms with Crippen molar-refractivity contribution in [2.24, 2.45) is 0 Å². The van der Waals surface area contributed by atoms with Gasteiger partial charge < -0.3 is 19.1 Å². The van der Waals surface area contributed by atoms with E-state index in [4.69, 9.17) is 14.2 Å². The Morgan fingerprint density at radius 3 is 2.46 bits per heavy atom. The molecule has 9 heteroatoms. The summed E-state index contributed by atoms with van der Waals surface area (Å²) in [4.78, 5) is 26.1. The lowest BCUT2D eigenvalue weighted by molar-refractivity contribution is -0.140. The molecule has 0 aliphatic carbocycles. The second kappa shape index (κ2) is 7.71.